The van der Waals surface area contributed by atoms with Crippen LogP contribution in [0.25, 0.3) is 10.2 Å². The summed E-state index contributed by atoms with van der Waals surface area (Å²) in [6, 6.07) is 5.42. The van der Waals surface area contributed by atoms with Gasteiger partial charge in [-0.15, -0.1) is 15.6 Å². The number of nitrogen functional groups attached to an aromatic ring is 1. The highest BCUT2D eigenvalue weighted by atomic mass is 32.3. The number of nitrogens with two attached hydrogens (primary N) is 1. The minimum atomic E-state index is -4.98. The highest BCUT2D eigenvalue weighted by Gasteiger charge is 2.57. The van der Waals surface area contributed by atoms with Crippen molar-refractivity contribution in [3.8, 4) is 5.75 Å². The molecule has 0 bridgehead atoms. The molecule has 0 aliphatic carbocycles. The third-order valence-corrected chi connectivity index (χ3v) is 8.84. The number of carbonyl (C=O) groups is 3. The van der Waals surface area contributed by atoms with Crippen LogP contribution in [-0.2, 0) is 33.9 Å². The molecule has 2 aromatic heterocycles. The smallest absolute Gasteiger partial charge is 0.418 e. The van der Waals surface area contributed by atoms with Crippen molar-refractivity contribution in [1.82, 2.24) is 20.3 Å². The molecule has 17 nitrogen and oxygen atoms in total. The minimum absolute atomic E-state index is 0.0177. The van der Waals surface area contributed by atoms with Gasteiger partial charge < -0.3 is 31.0 Å². The zero-order chi connectivity index (χ0) is 31.8. The Hall–Kier alpha value is -3.95. The van der Waals surface area contributed by atoms with Crippen molar-refractivity contribution in [2.24, 2.45) is 11.1 Å². The summed E-state index contributed by atoms with van der Waals surface area (Å²) in [5.74, 6) is -3.78. The number of amides is 1. The van der Waals surface area contributed by atoms with E-state index in [1.165, 1.54) is 30.6 Å². The summed E-state index contributed by atoms with van der Waals surface area (Å²) in [6.45, 7) is 4.09. The number of ether oxygens (including phenoxy) is 1. The molecule has 2 fully saturated rings. The molecule has 0 saturated carbocycles. The molecule has 3 aromatic rings. The first kappa shape index (κ1) is 31.5. The van der Waals surface area contributed by atoms with Crippen molar-refractivity contribution in [3.05, 3.63) is 29.3 Å². The average Bonchev–Trinajstić information content (AvgIpc) is 3.54. The molecule has 5 rings (SSSR count). The van der Waals surface area contributed by atoms with Gasteiger partial charge in [0.1, 0.15) is 18.1 Å². The van der Waals surface area contributed by atoms with Crippen LogP contribution in [0.1, 0.15) is 26.0 Å². The van der Waals surface area contributed by atoms with Crippen molar-refractivity contribution in [2.45, 2.75) is 38.0 Å². The quantitative estimate of drug-likeness (QED) is 0.0693. The number of carbonyl (C=O) groups excluding carboxylic acids is 2. The largest absolute Gasteiger partial charge is 0.489 e. The fraction of sp³-hybridized carbons (Fsp3) is 0.417. The van der Waals surface area contributed by atoms with Crippen LogP contribution in [-0.4, -0.2) is 93.9 Å². The number of nitrogens with zero attached hydrogens (tertiary/aromatic N) is 4. The van der Waals surface area contributed by atoms with E-state index in [1.807, 2.05) is 0 Å². The number of rotatable bonds is 14. The number of anilines is 2. The zero-order valence-electron chi connectivity index (χ0n) is 23.1. The van der Waals surface area contributed by atoms with Crippen molar-refractivity contribution in [1.29, 1.82) is 0 Å². The Morgan fingerprint density at radius 2 is 2.07 bits per heavy atom. The fourth-order valence-corrected chi connectivity index (χ4v) is 6.32. The second-order valence-electron chi connectivity index (χ2n) is 10.4. The number of nitrogens with one attached hydrogen (secondary N) is 2. The Morgan fingerprint density at radius 3 is 2.66 bits per heavy atom. The van der Waals surface area contributed by atoms with Gasteiger partial charge in [-0.25, -0.2) is 14.8 Å². The van der Waals surface area contributed by atoms with Crippen LogP contribution in [0.15, 0.2) is 28.7 Å². The molecule has 2 atom stereocenters. The summed E-state index contributed by atoms with van der Waals surface area (Å²) in [6.07, 6.45) is -2.14. The van der Waals surface area contributed by atoms with Gasteiger partial charge in [0.15, 0.2) is 21.8 Å². The lowest BCUT2D eigenvalue weighted by Crippen LogP contribution is -2.68. The first-order chi connectivity index (χ1) is 20.7. The molecule has 1 aromatic carbocycles. The number of oxime groups is 1. The maximum atomic E-state index is 13.3. The van der Waals surface area contributed by atoms with Crippen LogP contribution in [0.4, 0.5) is 10.3 Å². The molecule has 2 saturated heterocycles. The van der Waals surface area contributed by atoms with Gasteiger partial charge in [0.05, 0.1) is 27.7 Å². The van der Waals surface area contributed by atoms with E-state index in [2.05, 4.69) is 30.0 Å². The average molecular weight is 670 g/mol. The number of aliphatic carboxylic acids is 1. The normalized spacial score (nSPS) is 19.2. The number of fused-ring (bicyclic) bond motifs is 1. The van der Waals surface area contributed by atoms with Gasteiger partial charge in [-0.2, -0.15) is 13.5 Å². The number of aromatic nitrogens is 2. The predicted molar refractivity (Wildman–Crippen MR) is 158 cm³/mol. The maximum absolute atomic E-state index is 13.3. The lowest BCUT2D eigenvalue weighted by atomic mass is 9.74. The number of β-lactam (4-membered cyclic amide) rings is 1. The summed E-state index contributed by atoms with van der Waals surface area (Å²) in [7, 11) is -4.98. The monoisotopic (exact) mass is 669 g/mol. The molecule has 2 aliphatic heterocycles. The van der Waals surface area contributed by atoms with Gasteiger partial charge in [0.2, 0.25) is 0 Å². The fourth-order valence-electron chi connectivity index (χ4n) is 4.34. The molecule has 2 aliphatic rings. The maximum Gasteiger partial charge on any atom is 0.418 e. The highest BCUT2D eigenvalue weighted by Crippen LogP contribution is 2.40. The lowest BCUT2D eigenvalue weighted by molar-refractivity contribution is -0.228. The molecule has 20 heteroatoms. The second-order valence-corrected chi connectivity index (χ2v) is 13.3. The minimum Gasteiger partial charge on any atom is -0.489 e. The van der Waals surface area contributed by atoms with Crippen molar-refractivity contribution < 1.29 is 46.3 Å². The summed E-state index contributed by atoms with van der Waals surface area (Å²) in [4.78, 5) is 51.6. The van der Waals surface area contributed by atoms with Gasteiger partial charge in [0.25, 0.3) is 12.0 Å². The molecule has 236 valence electrons. The molecular weight excluding hydrogens is 643 g/mol. The Morgan fingerprint density at radius 1 is 1.32 bits per heavy atom. The lowest BCUT2D eigenvalue weighted by Gasteiger charge is -2.50. The number of benzene rings is 1. The number of thiazole rings is 2. The van der Waals surface area contributed by atoms with Crippen LogP contribution >= 0.6 is 22.7 Å². The van der Waals surface area contributed by atoms with Crippen LogP contribution in [0.2, 0.25) is 0 Å². The third kappa shape index (κ3) is 6.89. The Balaban J connectivity index is 1.27. The Kier molecular flexibility index (Phi) is 8.73. The molecule has 0 unspecified atom stereocenters. The number of hydroxylamine groups is 2. The predicted octanol–water partition coefficient (Wildman–Crippen LogP) is 0.902. The Bertz CT molecular complexity index is 1730. The second kappa shape index (κ2) is 12.2. The summed E-state index contributed by atoms with van der Waals surface area (Å²) < 4.78 is 41.9. The number of Topliss-reactive ketones (excluding diaryl/α,β-unsaturated/α-hetero) is 1. The molecular formula is C24H27N7O10S3. The van der Waals surface area contributed by atoms with Crippen molar-refractivity contribution in [3.63, 3.8) is 0 Å². The van der Waals surface area contributed by atoms with Crippen LogP contribution in [0.5, 0.6) is 5.75 Å². The van der Waals surface area contributed by atoms with Crippen LogP contribution in [0.3, 0.4) is 0 Å². The third-order valence-electron chi connectivity index (χ3n) is 6.88. The van der Waals surface area contributed by atoms with Gasteiger partial charge in [-0.3, -0.25) is 14.1 Å². The first-order valence-electron chi connectivity index (χ1n) is 12.9. The number of hydrogen-bond acceptors (Lipinski definition) is 16. The molecule has 0 spiro atoms. The van der Waals surface area contributed by atoms with E-state index in [0.29, 0.717) is 16.9 Å². The Labute approximate surface area is 257 Å². The zero-order valence-corrected chi connectivity index (χ0v) is 25.6. The summed E-state index contributed by atoms with van der Waals surface area (Å²) in [5, 5.41) is 22.7. The number of carboxylic acids is 1. The van der Waals surface area contributed by atoms with Crippen molar-refractivity contribution >= 4 is 76.9 Å². The van der Waals surface area contributed by atoms with E-state index < -0.39 is 64.4 Å². The standard InChI is InChI=1S/C24H27N7O10S3/c1-24(2)13(20(33)31(24)41-44(36,37)38)6-16(32)19(15-10-42-22(25)28-15)30-40-17(21(34)35)9-39-12-3-4-14-18(5-12)43-23(29-14)27-11-7-26-8-11/h3-5,10-11,13,17,26H,6-9H2,1-2H3,(H2,25,28)(H,27,29)(H,34,35)(H,36,37,38)/b30-19-/t13-,17+/m1/s1. The highest BCUT2D eigenvalue weighted by molar-refractivity contribution is 7.80. The van der Waals surface area contributed by atoms with Crippen LogP contribution < -0.4 is 21.1 Å². The van der Waals surface area contributed by atoms with Gasteiger partial charge in [-0.1, -0.05) is 16.5 Å². The van der Waals surface area contributed by atoms with E-state index in [0.717, 1.165) is 39.8 Å². The summed E-state index contributed by atoms with van der Waals surface area (Å²) in [5.41, 5.74) is 4.72. The van der Waals surface area contributed by atoms with Gasteiger partial charge in [-0.05, 0) is 32.0 Å². The number of ketones is 1. The first-order valence-corrected chi connectivity index (χ1v) is 16.0. The van der Waals surface area contributed by atoms with E-state index >= 15 is 0 Å². The van der Waals surface area contributed by atoms with Gasteiger partial charge >= 0.3 is 16.4 Å². The molecule has 0 radical (unpaired) electrons. The van der Waals surface area contributed by atoms with Gasteiger partial charge in [0, 0.05) is 24.9 Å². The van der Waals surface area contributed by atoms with E-state index in [4.69, 9.17) is 19.9 Å². The van der Waals surface area contributed by atoms with Crippen molar-refractivity contribution in [2.75, 3.05) is 30.7 Å². The topological polar surface area (TPSA) is 245 Å². The van der Waals surface area contributed by atoms with E-state index in [9.17, 15) is 27.9 Å². The SMILES string of the molecule is CC1(C)[C@H](CC(=O)/C(=N\O[C@@H](COc2ccc3nc(NC4CNC4)sc3c2)C(=O)O)c2csc(N)n2)C(=O)N1OS(=O)(=O)O. The number of carboxylic acid groups (broad SMARTS) is 1. The number of hydrogen-bond donors (Lipinski definition) is 5. The summed E-state index contributed by atoms with van der Waals surface area (Å²) >= 11 is 2.42. The molecule has 1 amide bonds. The van der Waals surface area contributed by atoms with Crippen LogP contribution in [0, 0.1) is 5.92 Å². The molecule has 44 heavy (non-hydrogen) atoms. The molecule has 4 heterocycles. The van der Waals surface area contributed by atoms with E-state index in [-0.39, 0.29) is 10.8 Å². The van der Waals surface area contributed by atoms with E-state index in [1.54, 1.807) is 18.2 Å². The molecule has 6 N–H and O–H groups in total.